The zero-order valence-electron chi connectivity index (χ0n) is 78.9. The van der Waals surface area contributed by atoms with Crippen LogP contribution in [0.15, 0.2) is 546 Å². The Morgan fingerprint density at radius 2 is 0.393 bits per heavy atom. The minimum atomic E-state index is 1.12. The maximum atomic E-state index is 2.48. The van der Waals surface area contributed by atoms with Gasteiger partial charge in [0.05, 0.1) is 38.8 Å². The van der Waals surface area contributed by atoms with Gasteiger partial charge in [-0.25, -0.2) is 0 Å². The largest absolute Gasteiger partial charge is 0.310 e. The first-order chi connectivity index (χ1) is 71.9. The van der Waals surface area contributed by atoms with Crippen molar-refractivity contribution in [2.75, 3.05) is 14.7 Å². The van der Waals surface area contributed by atoms with Crippen molar-refractivity contribution in [3.8, 4) is 61.6 Å². The number of benzene rings is 23. The van der Waals surface area contributed by atoms with Crippen LogP contribution in [0.4, 0.5) is 51.2 Å². The Morgan fingerprint density at radius 1 is 0.145 bits per heavy atom. The molecule has 0 N–H and O–H groups in total. The van der Waals surface area contributed by atoms with Crippen molar-refractivity contribution in [1.82, 2.24) is 13.7 Å². The second-order valence-electron chi connectivity index (χ2n) is 36.9. The Hall–Kier alpha value is -18.2. The number of hydrogen-bond acceptors (Lipinski definition) is 6. The van der Waals surface area contributed by atoms with E-state index in [4.69, 9.17) is 0 Å². The second-order valence-corrected chi connectivity index (χ2v) is 40.2. The third-order valence-electron chi connectivity index (χ3n) is 28.5. The van der Waals surface area contributed by atoms with Gasteiger partial charge >= 0.3 is 0 Å². The van der Waals surface area contributed by atoms with Crippen molar-refractivity contribution >= 4 is 222 Å². The van der Waals surface area contributed by atoms with E-state index in [0.717, 1.165) is 62.6 Å². The average Bonchev–Trinajstić information content (AvgIpc) is 1.56. The van der Waals surface area contributed by atoms with Gasteiger partial charge < -0.3 is 28.4 Å². The van der Waals surface area contributed by atoms with Crippen LogP contribution in [-0.4, -0.2) is 13.7 Å². The van der Waals surface area contributed by atoms with Gasteiger partial charge in [-0.1, -0.05) is 334 Å². The van der Waals surface area contributed by atoms with Gasteiger partial charge in [0.15, 0.2) is 0 Å². The molecule has 23 aromatic carbocycles. The van der Waals surface area contributed by atoms with Gasteiger partial charge in [0, 0.05) is 161 Å². The maximum absolute atomic E-state index is 2.48. The first-order valence-electron chi connectivity index (χ1n) is 49.3. The molecule has 0 amide bonds. The summed E-state index contributed by atoms with van der Waals surface area (Å²) in [6.07, 6.45) is 0. The van der Waals surface area contributed by atoms with Crippen molar-refractivity contribution < 1.29 is 0 Å². The normalized spacial score (nSPS) is 11.6. The predicted octanol–water partition coefficient (Wildman–Crippen LogP) is 39.7. The molecule has 0 saturated carbocycles. The van der Waals surface area contributed by atoms with Crippen LogP contribution in [-0.2, 0) is 0 Å². The fourth-order valence-corrected chi connectivity index (χ4v) is 25.2. The van der Waals surface area contributed by atoms with E-state index >= 15 is 0 Å². The summed E-state index contributed by atoms with van der Waals surface area (Å²) in [7, 11) is 0. The van der Waals surface area contributed by atoms with Crippen molar-refractivity contribution in [2.45, 2.75) is 0 Å². The lowest BCUT2D eigenvalue weighted by Gasteiger charge is -2.27. The minimum absolute atomic E-state index is 1.12. The second kappa shape index (κ2) is 36.8. The molecule has 145 heavy (non-hydrogen) atoms. The Kier molecular flexibility index (Phi) is 21.8. The highest BCUT2D eigenvalue weighted by Crippen LogP contribution is 2.53. The van der Waals surface area contributed by atoms with Gasteiger partial charge in [0.25, 0.3) is 0 Å². The van der Waals surface area contributed by atoms with E-state index in [9.17, 15) is 0 Å². The number of rotatable bonds is 16. The predicted molar refractivity (Wildman–Crippen MR) is 624 cm³/mol. The smallest absolute Gasteiger partial charge is 0.0634 e. The van der Waals surface area contributed by atoms with Gasteiger partial charge in [-0.15, -0.1) is 34.0 Å². The fraction of sp³-hybridized carbons (Fsp3) is 0. The summed E-state index contributed by atoms with van der Waals surface area (Å²) in [6, 6.07) is 198. The number of hydrogen-bond donors (Lipinski definition) is 0. The van der Waals surface area contributed by atoms with E-state index < -0.39 is 0 Å². The van der Waals surface area contributed by atoms with Crippen LogP contribution < -0.4 is 14.7 Å². The van der Waals surface area contributed by atoms with E-state index in [1.165, 1.54) is 187 Å². The van der Waals surface area contributed by atoms with Crippen molar-refractivity contribution in [3.05, 3.63) is 546 Å². The first kappa shape index (κ1) is 85.9. The molecule has 0 aliphatic rings. The summed E-state index contributed by atoms with van der Waals surface area (Å²) < 4.78 is 15.2. The Bertz CT molecular complexity index is 9860. The van der Waals surface area contributed by atoms with Gasteiger partial charge in [0.1, 0.15) is 0 Å². The zero-order valence-corrected chi connectivity index (χ0v) is 81.3. The molecular weight excluding hydrogens is 1810 g/mol. The highest BCUT2D eigenvalue weighted by Gasteiger charge is 2.28. The summed E-state index contributed by atoms with van der Waals surface area (Å²) >= 11 is 5.63. The molecule has 0 saturated heterocycles. The third-order valence-corrected chi connectivity index (χ3v) is 31.9. The molecule has 0 atom stereocenters. The van der Waals surface area contributed by atoms with Crippen LogP contribution >= 0.6 is 34.0 Å². The molecule has 29 aromatic rings. The summed E-state index contributed by atoms with van der Waals surface area (Å²) in [4.78, 5) is 7.11. The molecule has 6 aromatic heterocycles. The van der Waals surface area contributed by atoms with E-state index in [1.54, 1.807) is 0 Å². The Balaban J connectivity index is 0.000000108. The van der Waals surface area contributed by atoms with E-state index in [2.05, 4.69) is 574 Å². The van der Waals surface area contributed by atoms with Crippen LogP contribution in [0.1, 0.15) is 0 Å². The standard InChI is InChI=1S/C48H32N2S.C46H30N2S.C42H28N2S/c1-5-13-33(14-6-1)35-21-24-39(25-22-35)49(37-17-9-3-10-18-37)40-26-28-44-42(32-40)41-27-30-46-47(48(41)50(44)38-19-11-4-12-20-38)43-31-36(23-29-45(43)51-46)34-15-7-2-8-16-34;1-4-13-31(14-5-1)33-23-27-43-40(29-33)45-44(49-43)28-25-38-39-30-36(24-26-42(39)48(46(38)45)35-19-8-3-9-20-35)47(34-17-6-2-7-18-34)41-22-12-16-32-15-10-11-21-37(32)41;1-5-13-29(14-6-1)30-21-25-39-37(27-30)41-40(45-39)26-23-35-36-28-34(22-24-38(36)44(42(35)41)33-19-11-4-12-20-33)43(31-15-7-2-8-16-31)32-17-9-3-10-18-32/h1-32H;1-30H;1-28H. The van der Waals surface area contributed by atoms with Crippen molar-refractivity contribution in [1.29, 1.82) is 0 Å². The van der Waals surface area contributed by atoms with E-state index in [-0.39, 0.29) is 0 Å². The highest BCUT2D eigenvalue weighted by molar-refractivity contribution is 7.27. The molecule has 0 aliphatic carbocycles. The molecule has 0 fully saturated rings. The van der Waals surface area contributed by atoms with Gasteiger partial charge in [-0.2, -0.15) is 0 Å². The number of fused-ring (bicyclic) bond motifs is 22. The number of thiophene rings is 3. The maximum Gasteiger partial charge on any atom is 0.0634 e. The molecule has 9 heteroatoms. The molecule has 0 radical (unpaired) electrons. The van der Waals surface area contributed by atoms with Gasteiger partial charge in [0.2, 0.25) is 0 Å². The summed E-state index contributed by atoms with van der Waals surface area (Å²) in [6.45, 7) is 0. The lowest BCUT2D eigenvalue weighted by atomic mass is 10.0. The average molecular weight is 1900 g/mol. The van der Waals surface area contributed by atoms with Crippen LogP contribution in [0.25, 0.3) is 198 Å². The highest BCUT2D eigenvalue weighted by atomic mass is 32.1. The molecule has 29 rings (SSSR count). The third kappa shape index (κ3) is 15.4. The van der Waals surface area contributed by atoms with Gasteiger partial charge in [-0.3, -0.25) is 0 Å². The lowest BCUT2D eigenvalue weighted by molar-refractivity contribution is 1.19. The summed E-state index contributed by atoms with van der Waals surface area (Å²) in [5.74, 6) is 0. The zero-order chi connectivity index (χ0) is 95.8. The number of nitrogens with zero attached hydrogens (tertiary/aromatic N) is 6. The summed E-state index contributed by atoms with van der Waals surface area (Å²) in [5.41, 5.74) is 30.9. The van der Waals surface area contributed by atoms with Crippen LogP contribution in [0.3, 0.4) is 0 Å². The number of para-hydroxylation sites is 7. The first-order valence-corrected chi connectivity index (χ1v) is 51.8. The van der Waals surface area contributed by atoms with Crippen LogP contribution in [0.2, 0.25) is 0 Å². The van der Waals surface area contributed by atoms with E-state index in [0.29, 0.717) is 0 Å². The Labute approximate surface area is 851 Å². The van der Waals surface area contributed by atoms with Crippen molar-refractivity contribution in [3.63, 3.8) is 0 Å². The summed E-state index contributed by atoms with van der Waals surface area (Å²) in [5, 5.41) is 17.8. The molecule has 6 heterocycles. The number of aromatic nitrogens is 3. The monoisotopic (exact) mass is 1900 g/mol. The van der Waals surface area contributed by atoms with Gasteiger partial charge in [-0.05, 0) is 262 Å². The Morgan fingerprint density at radius 3 is 0.731 bits per heavy atom. The molecule has 0 spiro atoms. The quantitative estimate of drug-likeness (QED) is 0.0964. The van der Waals surface area contributed by atoms with Crippen LogP contribution in [0.5, 0.6) is 0 Å². The lowest BCUT2D eigenvalue weighted by Crippen LogP contribution is -2.10. The van der Waals surface area contributed by atoms with Crippen molar-refractivity contribution in [2.24, 2.45) is 0 Å². The molecular formula is C136H90N6S3. The van der Waals surface area contributed by atoms with Crippen LogP contribution in [0, 0.1) is 0 Å². The molecule has 682 valence electrons. The topological polar surface area (TPSA) is 24.5 Å². The fourth-order valence-electron chi connectivity index (χ4n) is 21.9. The molecule has 0 bridgehead atoms. The SMILES string of the molecule is c1ccc(-c2ccc(N(c3ccccc3)c3ccc4c(c3)c3ccc5sc6ccc(-c7ccccc7)cc6c5c3n4-c3ccccc3)cc2)cc1.c1ccc(-c2ccc3sc4ccc5c6cc(N(c7ccccc7)c7cccc8ccccc78)ccc6n(-c6ccccc6)c5c4c3c2)cc1.c1ccc(-c2ccc3sc4ccc5c6cc(N(c7ccccc7)c7ccccc7)ccc6n(-c6ccccc6)c5c4c3c2)cc1. The number of anilines is 9. The molecule has 0 aliphatic heterocycles. The molecule has 0 unspecified atom stereocenters. The van der Waals surface area contributed by atoms with E-state index in [1.807, 2.05) is 34.0 Å². The minimum Gasteiger partial charge on any atom is -0.310 e. The molecule has 6 nitrogen and oxygen atoms in total.